The minimum absolute atomic E-state index is 0.0577. The molecule has 0 bridgehead atoms. The maximum absolute atomic E-state index is 13.4. The van der Waals surface area contributed by atoms with Crippen molar-refractivity contribution in [2.75, 3.05) is 10.6 Å². The largest absolute Gasteiger partial charge is 0.324 e. The first-order chi connectivity index (χ1) is 13.4. The number of rotatable bonds is 3. The minimum Gasteiger partial charge on any atom is -0.324 e. The molecule has 2 aromatic carbocycles. The number of hydrogen-bond acceptors (Lipinski definition) is 3. The molecule has 1 atom stereocenters. The van der Waals surface area contributed by atoms with Crippen LogP contribution < -0.4 is 10.6 Å². The lowest BCUT2D eigenvalue weighted by atomic mass is 10.1. The van der Waals surface area contributed by atoms with Crippen LogP contribution >= 0.6 is 0 Å². The van der Waals surface area contributed by atoms with Crippen LogP contribution in [0.4, 0.5) is 24.7 Å². The number of halogens is 3. The maximum atomic E-state index is 13.4. The van der Waals surface area contributed by atoms with Gasteiger partial charge in [0.2, 0.25) is 11.8 Å². The Kier molecular flexibility index (Phi) is 4.34. The summed E-state index contributed by atoms with van der Waals surface area (Å²) in [6.45, 7) is 0. The average molecular weight is 386 g/mol. The van der Waals surface area contributed by atoms with E-state index in [1.165, 1.54) is 35.0 Å². The van der Waals surface area contributed by atoms with Gasteiger partial charge in [0.1, 0.15) is 17.7 Å². The van der Waals surface area contributed by atoms with E-state index in [-0.39, 0.29) is 18.0 Å². The van der Waals surface area contributed by atoms with E-state index < -0.39 is 29.4 Å². The van der Waals surface area contributed by atoms with Gasteiger partial charge in [-0.25, -0.2) is 17.9 Å². The monoisotopic (exact) mass is 386 g/mol. The Morgan fingerprint density at radius 3 is 2.54 bits per heavy atom. The lowest BCUT2D eigenvalue weighted by molar-refractivity contribution is -0.125. The van der Waals surface area contributed by atoms with Crippen molar-refractivity contribution >= 4 is 23.3 Å². The number of aromatic nitrogens is 2. The SMILES string of the molecule is O=C1C[C@@H](C(=O)Nc2ccc(F)c(F)c2)n2nc(-c3ccc(F)cc3)cc2N1. The fourth-order valence-electron chi connectivity index (χ4n) is 2.95. The Bertz CT molecular complexity index is 1080. The Morgan fingerprint density at radius 2 is 1.82 bits per heavy atom. The second-order valence-corrected chi connectivity index (χ2v) is 6.25. The number of carbonyl (C=O) groups excluding carboxylic acids is 2. The van der Waals surface area contributed by atoms with Crippen molar-refractivity contribution < 1.29 is 22.8 Å². The highest BCUT2D eigenvalue weighted by Crippen LogP contribution is 2.30. The number of anilines is 2. The number of carbonyl (C=O) groups is 2. The first kappa shape index (κ1) is 17.8. The molecule has 2 N–H and O–H groups in total. The zero-order chi connectivity index (χ0) is 19.8. The molecule has 2 heterocycles. The second-order valence-electron chi connectivity index (χ2n) is 6.25. The van der Waals surface area contributed by atoms with E-state index in [0.717, 1.165) is 12.1 Å². The lowest BCUT2D eigenvalue weighted by Gasteiger charge is -2.23. The van der Waals surface area contributed by atoms with Gasteiger partial charge in [-0.2, -0.15) is 5.10 Å². The van der Waals surface area contributed by atoms with E-state index in [1.54, 1.807) is 6.07 Å². The molecule has 0 radical (unpaired) electrons. The molecule has 0 fully saturated rings. The van der Waals surface area contributed by atoms with Crippen LogP contribution in [-0.2, 0) is 9.59 Å². The zero-order valence-electron chi connectivity index (χ0n) is 14.2. The third-order valence-corrected chi connectivity index (χ3v) is 4.31. The van der Waals surface area contributed by atoms with Crippen molar-refractivity contribution in [3.63, 3.8) is 0 Å². The summed E-state index contributed by atoms with van der Waals surface area (Å²) in [4.78, 5) is 24.6. The number of benzene rings is 2. The molecule has 2 amide bonds. The van der Waals surface area contributed by atoms with Crippen molar-refractivity contribution in [3.8, 4) is 11.3 Å². The molecule has 0 saturated carbocycles. The zero-order valence-corrected chi connectivity index (χ0v) is 14.2. The van der Waals surface area contributed by atoms with Crippen LogP contribution in [0.1, 0.15) is 12.5 Å². The van der Waals surface area contributed by atoms with E-state index in [0.29, 0.717) is 17.1 Å². The van der Waals surface area contributed by atoms with E-state index in [1.807, 2.05) is 0 Å². The quantitative estimate of drug-likeness (QED) is 0.724. The highest BCUT2D eigenvalue weighted by molar-refractivity contribution is 6.01. The van der Waals surface area contributed by atoms with Crippen molar-refractivity contribution in [3.05, 3.63) is 66.0 Å². The summed E-state index contributed by atoms with van der Waals surface area (Å²) < 4.78 is 40.9. The van der Waals surface area contributed by atoms with Gasteiger partial charge >= 0.3 is 0 Å². The Morgan fingerprint density at radius 1 is 1.07 bits per heavy atom. The van der Waals surface area contributed by atoms with Crippen molar-refractivity contribution in [1.29, 1.82) is 0 Å². The smallest absolute Gasteiger partial charge is 0.249 e. The highest BCUT2D eigenvalue weighted by atomic mass is 19.2. The van der Waals surface area contributed by atoms with Crippen LogP contribution in [-0.4, -0.2) is 21.6 Å². The van der Waals surface area contributed by atoms with Gasteiger partial charge < -0.3 is 10.6 Å². The van der Waals surface area contributed by atoms with Crippen molar-refractivity contribution in [2.45, 2.75) is 12.5 Å². The maximum Gasteiger partial charge on any atom is 0.249 e. The van der Waals surface area contributed by atoms with Crippen LogP contribution in [0.15, 0.2) is 48.5 Å². The molecular weight excluding hydrogens is 373 g/mol. The molecule has 9 heteroatoms. The first-order valence-corrected chi connectivity index (χ1v) is 8.32. The van der Waals surface area contributed by atoms with Gasteiger partial charge in [0, 0.05) is 23.4 Å². The van der Waals surface area contributed by atoms with Crippen LogP contribution in [0.25, 0.3) is 11.3 Å². The molecule has 1 aliphatic rings. The topological polar surface area (TPSA) is 76.0 Å². The molecule has 0 saturated heterocycles. The summed E-state index contributed by atoms with van der Waals surface area (Å²) >= 11 is 0. The van der Waals surface area contributed by atoms with Crippen molar-refractivity contribution in [2.24, 2.45) is 0 Å². The predicted molar refractivity (Wildman–Crippen MR) is 94.9 cm³/mol. The van der Waals surface area contributed by atoms with Gasteiger partial charge in [0.25, 0.3) is 0 Å². The molecular formula is C19H13F3N4O2. The molecule has 1 aromatic heterocycles. The molecule has 1 aliphatic heterocycles. The van der Waals surface area contributed by atoms with Crippen LogP contribution in [0.5, 0.6) is 0 Å². The van der Waals surface area contributed by atoms with E-state index in [2.05, 4.69) is 15.7 Å². The second kappa shape index (κ2) is 6.84. The standard InChI is InChI=1S/C19H13F3N4O2/c20-11-3-1-10(2-4-11)15-8-17-24-18(27)9-16(26(17)25-15)19(28)23-12-5-6-13(21)14(22)7-12/h1-8,16H,9H2,(H,23,28)(H,24,27)/t16-/m0/s1. The molecule has 4 rings (SSSR count). The van der Waals surface area contributed by atoms with Gasteiger partial charge in [-0.05, 0) is 36.4 Å². The summed E-state index contributed by atoms with van der Waals surface area (Å²) in [6, 6.07) is 9.16. The van der Waals surface area contributed by atoms with Gasteiger partial charge in [-0.1, -0.05) is 0 Å². The highest BCUT2D eigenvalue weighted by Gasteiger charge is 2.32. The van der Waals surface area contributed by atoms with Gasteiger partial charge in [-0.3, -0.25) is 9.59 Å². The third kappa shape index (κ3) is 3.34. The van der Waals surface area contributed by atoms with Gasteiger partial charge in [0.05, 0.1) is 12.1 Å². The van der Waals surface area contributed by atoms with E-state index >= 15 is 0 Å². The Labute approximate surface area is 157 Å². The Hall–Kier alpha value is -3.62. The molecule has 142 valence electrons. The minimum atomic E-state index is -1.10. The molecule has 0 aliphatic carbocycles. The third-order valence-electron chi connectivity index (χ3n) is 4.31. The lowest BCUT2D eigenvalue weighted by Crippen LogP contribution is -2.35. The fourth-order valence-corrected chi connectivity index (χ4v) is 2.95. The summed E-state index contributed by atoms with van der Waals surface area (Å²) in [5, 5.41) is 9.43. The van der Waals surface area contributed by atoms with Crippen LogP contribution in [0, 0.1) is 17.5 Å². The fraction of sp³-hybridized carbons (Fsp3) is 0.105. The number of hydrogen-bond donors (Lipinski definition) is 2. The summed E-state index contributed by atoms with van der Waals surface area (Å²) in [5.74, 6) is -3.21. The summed E-state index contributed by atoms with van der Waals surface area (Å²) in [7, 11) is 0. The average Bonchev–Trinajstić information content (AvgIpc) is 3.08. The number of nitrogens with zero attached hydrogens (tertiary/aromatic N) is 2. The van der Waals surface area contributed by atoms with Crippen molar-refractivity contribution in [1.82, 2.24) is 9.78 Å². The molecule has 0 spiro atoms. The number of fused-ring (bicyclic) bond motifs is 1. The normalized spacial score (nSPS) is 15.7. The predicted octanol–water partition coefficient (Wildman–Crippen LogP) is 3.49. The molecule has 28 heavy (non-hydrogen) atoms. The summed E-state index contributed by atoms with van der Waals surface area (Å²) in [6.07, 6.45) is -0.174. The summed E-state index contributed by atoms with van der Waals surface area (Å²) in [5.41, 5.74) is 1.11. The van der Waals surface area contributed by atoms with E-state index in [4.69, 9.17) is 0 Å². The van der Waals surface area contributed by atoms with E-state index in [9.17, 15) is 22.8 Å². The number of nitrogens with one attached hydrogen (secondary N) is 2. The molecule has 0 unspecified atom stereocenters. The molecule has 3 aromatic rings. The Balaban J connectivity index is 1.63. The number of amides is 2. The first-order valence-electron chi connectivity index (χ1n) is 8.32. The van der Waals surface area contributed by atoms with Crippen LogP contribution in [0.3, 0.4) is 0 Å². The molecule has 6 nitrogen and oxygen atoms in total. The van der Waals surface area contributed by atoms with Crippen LogP contribution in [0.2, 0.25) is 0 Å². The van der Waals surface area contributed by atoms with Gasteiger partial charge in [-0.15, -0.1) is 0 Å². The van der Waals surface area contributed by atoms with Gasteiger partial charge in [0.15, 0.2) is 11.6 Å².